The first-order chi connectivity index (χ1) is 15.4. The average Bonchev–Trinajstić information content (AvgIpc) is 2.78. The van der Waals surface area contributed by atoms with Crippen molar-refractivity contribution < 1.29 is 9.53 Å². The fourth-order valence-electron chi connectivity index (χ4n) is 3.69. The SMILES string of the molecule is CN=C(NCc1ccc(C(=O)N(C)C)cc1)NCc1ccc(N2CC(C)OC(C)C2)nc1.I. The van der Waals surface area contributed by atoms with Crippen molar-refractivity contribution in [3.63, 3.8) is 0 Å². The van der Waals surface area contributed by atoms with E-state index in [9.17, 15) is 4.79 Å². The van der Waals surface area contributed by atoms with Crippen molar-refractivity contribution in [3.05, 3.63) is 59.3 Å². The normalized spacial score (nSPS) is 18.3. The van der Waals surface area contributed by atoms with Gasteiger partial charge in [0.15, 0.2) is 5.96 Å². The van der Waals surface area contributed by atoms with Crippen molar-refractivity contribution in [2.24, 2.45) is 4.99 Å². The second-order valence-corrected chi connectivity index (χ2v) is 8.36. The summed E-state index contributed by atoms with van der Waals surface area (Å²) in [6.07, 6.45) is 2.32. The molecule has 0 spiro atoms. The third-order valence-electron chi connectivity index (χ3n) is 5.30. The minimum absolute atomic E-state index is 0. The molecule has 1 fully saturated rings. The standard InChI is InChI=1S/C24H34N6O2.HI/c1-17-15-30(16-18(2)32-17)22-11-8-20(13-26-22)14-28-24(25-3)27-12-19-6-9-21(10-7-19)23(31)29(4)5;/h6-11,13,17-18H,12,14-16H2,1-5H3,(H2,25,27,28);1H. The lowest BCUT2D eigenvalue weighted by molar-refractivity contribution is -0.00546. The summed E-state index contributed by atoms with van der Waals surface area (Å²) in [7, 11) is 5.25. The van der Waals surface area contributed by atoms with Crippen LogP contribution in [-0.4, -0.2) is 68.2 Å². The number of nitrogens with one attached hydrogen (secondary N) is 2. The predicted molar refractivity (Wildman–Crippen MR) is 143 cm³/mol. The Bertz CT molecular complexity index is 908. The van der Waals surface area contributed by atoms with Crippen molar-refractivity contribution in [2.45, 2.75) is 39.1 Å². The number of carbonyl (C=O) groups is 1. The van der Waals surface area contributed by atoms with Gasteiger partial charge in [-0.05, 0) is 43.2 Å². The van der Waals surface area contributed by atoms with E-state index in [1.807, 2.05) is 30.5 Å². The van der Waals surface area contributed by atoms with Gasteiger partial charge in [0.1, 0.15) is 5.82 Å². The molecule has 2 heterocycles. The number of morpholine rings is 1. The number of guanidine groups is 1. The number of halogens is 1. The largest absolute Gasteiger partial charge is 0.372 e. The number of ether oxygens (including phenoxy) is 1. The highest BCUT2D eigenvalue weighted by molar-refractivity contribution is 14.0. The highest BCUT2D eigenvalue weighted by atomic mass is 127. The average molecular weight is 566 g/mol. The van der Waals surface area contributed by atoms with Gasteiger partial charge in [0.05, 0.1) is 12.2 Å². The summed E-state index contributed by atoms with van der Waals surface area (Å²) in [6, 6.07) is 11.7. The van der Waals surface area contributed by atoms with E-state index >= 15 is 0 Å². The van der Waals surface area contributed by atoms with E-state index in [2.05, 4.69) is 51.5 Å². The zero-order chi connectivity index (χ0) is 23.1. The Morgan fingerprint density at radius 2 is 1.64 bits per heavy atom. The van der Waals surface area contributed by atoms with E-state index in [1.54, 1.807) is 26.0 Å². The van der Waals surface area contributed by atoms with E-state index in [-0.39, 0.29) is 42.1 Å². The monoisotopic (exact) mass is 566 g/mol. The lowest BCUT2D eigenvalue weighted by Gasteiger charge is -2.36. The van der Waals surface area contributed by atoms with Gasteiger partial charge in [0.2, 0.25) is 0 Å². The molecule has 180 valence electrons. The number of benzene rings is 1. The molecule has 2 N–H and O–H groups in total. The predicted octanol–water partition coefficient (Wildman–Crippen LogP) is 2.88. The van der Waals surface area contributed by atoms with Gasteiger partial charge in [-0.3, -0.25) is 9.79 Å². The number of hydrogen-bond donors (Lipinski definition) is 2. The zero-order valence-electron chi connectivity index (χ0n) is 20.0. The number of aromatic nitrogens is 1. The molecule has 2 unspecified atom stereocenters. The number of rotatable bonds is 6. The van der Waals surface area contributed by atoms with E-state index in [0.29, 0.717) is 24.6 Å². The topological polar surface area (TPSA) is 82.1 Å². The number of nitrogens with zero attached hydrogens (tertiary/aromatic N) is 4. The number of carbonyl (C=O) groups excluding carboxylic acids is 1. The van der Waals surface area contributed by atoms with Crippen LogP contribution in [0.3, 0.4) is 0 Å². The van der Waals surface area contributed by atoms with E-state index in [1.165, 1.54) is 0 Å². The van der Waals surface area contributed by atoms with Crippen molar-refractivity contribution in [2.75, 3.05) is 39.1 Å². The second kappa shape index (κ2) is 12.7. The van der Waals surface area contributed by atoms with Gasteiger partial charge in [0, 0.05) is 59.1 Å². The first-order valence-corrected chi connectivity index (χ1v) is 11.0. The second-order valence-electron chi connectivity index (χ2n) is 8.36. The molecule has 1 aromatic carbocycles. The van der Waals surface area contributed by atoms with E-state index in [4.69, 9.17) is 4.74 Å². The lowest BCUT2D eigenvalue weighted by atomic mass is 10.1. The molecule has 2 aromatic rings. The Kier molecular flexibility index (Phi) is 10.4. The van der Waals surface area contributed by atoms with Crippen LogP contribution in [0.4, 0.5) is 5.82 Å². The molecule has 0 saturated carbocycles. The van der Waals surface area contributed by atoms with Gasteiger partial charge in [-0.2, -0.15) is 0 Å². The third kappa shape index (κ3) is 7.85. The number of pyridine rings is 1. The van der Waals surface area contributed by atoms with Gasteiger partial charge < -0.3 is 25.2 Å². The lowest BCUT2D eigenvalue weighted by Crippen LogP contribution is -2.45. The number of hydrogen-bond acceptors (Lipinski definition) is 5. The molecular formula is C24H35IN6O2. The summed E-state index contributed by atoms with van der Waals surface area (Å²) in [6.45, 7) is 7.14. The van der Waals surface area contributed by atoms with Crippen molar-refractivity contribution in [1.29, 1.82) is 0 Å². The highest BCUT2D eigenvalue weighted by Crippen LogP contribution is 2.18. The summed E-state index contributed by atoms with van der Waals surface area (Å²) < 4.78 is 5.80. The summed E-state index contributed by atoms with van der Waals surface area (Å²) >= 11 is 0. The van der Waals surface area contributed by atoms with Crippen LogP contribution in [0.1, 0.15) is 35.3 Å². The Morgan fingerprint density at radius 1 is 1.06 bits per heavy atom. The zero-order valence-corrected chi connectivity index (χ0v) is 22.4. The van der Waals surface area contributed by atoms with Gasteiger partial charge >= 0.3 is 0 Å². The molecule has 1 amide bonds. The molecule has 0 aliphatic carbocycles. The smallest absolute Gasteiger partial charge is 0.253 e. The molecule has 33 heavy (non-hydrogen) atoms. The van der Waals surface area contributed by atoms with Crippen LogP contribution in [0.5, 0.6) is 0 Å². The van der Waals surface area contributed by atoms with Crippen LogP contribution >= 0.6 is 24.0 Å². The van der Waals surface area contributed by atoms with Crippen molar-refractivity contribution in [1.82, 2.24) is 20.5 Å². The molecule has 9 heteroatoms. The molecule has 0 radical (unpaired) electrons. The van der Waals surface area contributed by atoms with Gasteiger partial charge in [-0.1, -0.05) is 18.2 Å². The quantitative estimate of drug-likeness (QED) is 0.318. The van der Waals surface area contributed by atoms with Crippen LogP contribution < -0.4 is 15.5 Å². The summed E-state index contributed by atoms with van der Waals surface area (Å²) in [5, 5.41) is 6.62. The van der Waals surface area contributed by atoms with Crippen LogP contribution in [-0.2, 0) is 17.8 Å². The first kappa shape index (κ1) is 26.8. The number of aliphatic imine (C=N–C) groups is 1. The molecule has 8 nitrogen and oxygen atoms in total. The van der Waals surface area contributed by atoms with Gasteiger partial charge in [0.25, 0.3) is 5.91 Å². The molecular weight excluding hydrogens is 531 g/mol. The van der Waals surface area contributed by atoms with Crippen LogP contribution in [0.2, 0.25) is 0 Å². The maximum Gasteiger partial charge on any atom is 0.253 e. The minimum atomic E-state index is -0.000688. The molecule has 0 bridgehead atoms. The molecule has 1 saturated heterocycles. The number of amides is 1. The van der Waals surface area contributed by atoms with Crippen molar-refractivity contribution >= 4 is 41.7 Å². The number of anilines is 1. The minimum Gasteiger partial charge on any atom is -0.372 e. The Labute approximate surface area is 213 Å². The Hall–Kier alpha value is -2.40. The maximum atomic E-state index is 12.0. The Balaban J connectivity index is 0.00000385. The van der Waals surface area contributed by atoms with Crippen molar-refractivity contribution in [3.8, 4) is 0 Å². The van der Waals surface area contributed by atoms with E-state index in [0.717, 1.165) is 30.0 Å². The summed E-state index contributed by atoms with van der Waals surface area (Å²) in [5.74, 6) is 1.69. The first-order valence-electron chi connectivity index (χ1n) is 11.0. The van der Waals surface area contributed by atoms with Crippen LogP contribution in [0, 0.1) is 0 Å². The summed E-state index contributed by atoms with van der Waals surface area (Å²) in [4.78, 5) is 24.8. The van der Waals surface area contributed by atoms with Gasteiger partial charge in [-0.15, -0.1) is 24.0 Å². The van der Waals surface area contributed by atoms with Gasteiger partial charge in [-0.25, -0.2) is 4.98 Å². The fraction of sp³-hybridized carbons (Fsp3) is 0.458. The molecule has 3 rings (SSSR count). The van der Waals surface area contributed by atoms with Crippen LogP contribution in [0.15, 0.2) is 47.6 Å². The molecule has 1 aromatic heterocycles. The third-order valence-corrected chi connectivity index (χ3v) is 5.30. The van der Waals surface area contributed by atoms with Crippen LogP contribution in [0.25, 0.3) is 0 Å². The highest BCUT2D eigenvalue weighted by Gasteiger charge is 2.22. The molecule has 2 atom stereocenters. The maximum absolute atomic E-state index is 12.0. The van der Waals surface area contributed by atoms with E-state index < -0.39 is 0 Å². The molecule has 1 aliphatic rings. The molecule has 1 aliphatic heterocycles. The Morgan fingerprint density at radius 3 is 2.15 bits per heavy atom. The summed E-state index contributed by atoms with van der Waals surface area (Å²) in [5.41, 5.74) is 2.83. The fourth-order valence-corrected chi connectivity index (χ4v) is 3.69.